The molecular weight excluding hydrogens is 294 g/mol. The maximum Gasteiger partial charge on any atom is 0.111 e. The van der Waals surface area contributed by atoms with Gasteiger partial charge in [-0.2, -0.15) is 0 Å². The minimum Gasteiger partial charge on any atom is -0.491 e. The second kappa shape index (κ2) is 7.48. The van der Waals surface area contributed by atoms with Crippen LogP contribution in [0.25, 0.3) is 0 Å². The van der Waals surface area contributed by atoms with Crippen molar-refractivity contribution in [3.05, 3.63) is 83.1 Å². The maximum atomic E-state index is 5.80. The summed E-state index contributed by atoms with van der Waals surface area (Å²) in [5.74, 6) is 0.680. The minimum absolute atomic E-state index is 0.250. The minimum atomic E-state index is -0.250. The lowest BCUT2D eigenvalue weighted by Gasteiger charge is -2.22. The molecule has 0 spiro atoms. The Bertz CT molecular complexity index is 669. The molecule has 0 heterocycles. The standard InChI is InChI=1S/C22H27NO/c1-16-7-11-19(12-8-16)21(20-13-9-17(2)10-14-20)23-15-18(3)24-22(4,5)6/h7-14H,3,15H2,1-2,4-6H3. The van der Waals surface area contributed by atoms with Gasteiger partial charge in [-0.25, -0.2) is 0 Å². The summed E-state index contributed by atoms with van der Waals surface area (Å²) in [4.78, 5) is 4.80. The molecule has 0 radical (unpaired) electrons. The van der Waals surface area contributed by atoms with Crippen LogP contribution in [0.4, 0.5) is 0 Å². The van der Waals surface area contributed by atoms with Gasteiger partial charge in [0.15, 0.2) is 0 Å². The van der Waals surface area contributed by atoms with Gasteiger partial charge in [-0.05, 0) is 34.6 Å². The predicted molar refractivity (Wildman–Crippen MR) is 103 cm³/mol. The molecule has 2 aromatic carbocycles. The first-order valence-electron chi connectivity index (χ1n) is 8.30. The Hall–Kier alpha value is -2.35. The van der Waals surface area contributed by atoms with Crippen molar-refractivity contribution < 1.29 is 4.74 Å². The first-order chi connectivity index (χ1) is 11.2. The van der Waals surface area contributed by atoms with E-state index in [-0.39, 0.29) is 5.60 Å². The van der Waals surface area contributed by atoms with Crippen LogP contribution < -0.4 is 0 Å². The Morgan fingerprint density at radius 2 is 1.29 bits per heavy atom. The van der Waals surface area contributed by atoms with E-state index < -0.39 is 0 Å². The van der Waals surface area contributed by atoms with E-state index in [1.165, 1.54) is 11.1 Å². The largest absolute Gasteiger partial charge is 0.491 e. The van der Waals surface area contributed by atoms with Crippen LogP contribution in [0.3, 0.4) is 0 Å². The van der Waals surface area contributed by atoms with E-state index in [0.717, 1.165) is 16.8 Å². The number of benzene rings is 2. The molecule has 0 fully saturated rings. The maximum absolute atomic E-state index is 5.80. The van der Waals surface area contributed by atoms with Crippen LogP contribution in [0.2, 0.25) is 0 Å². The average molecular weight is 321 g/mol. The third-order valence-electron chi connectivity index (χ3n) is 3.51. The van der Waals surface area contributed by atoms with Gasteiger partial charge in [-0.1, -0.05) is 66.2 Å². The van der Waals surface area contributed by atoms with Crippen LogP contribution in [0.1, 0.15) is 43.0 Å². The van der Waals surface area contributed by atoms with Gasteiger partial charge in [0.1, 0.15) is 11.4 Å². The molecule has 2 rings (SSSR count). The number of hydrogen-bond donors (Lipinski definition) is 0. The van der Waals surface area contributed by atoms with Crippen LogP contribution in [0.5, 0.6) is 0 Å². The molecule has 2 aromatic rings. The fourth-order valence-corrected chi connectivity index (χ4v) is 2.40. The van der Waals surface area contributed by atoms with E-state index in [1.807, 2.05) is 20.8 Å². The van der Waals surface area contributed by atoms with E-state index in [1.54, 1.807) is 0 Å². The van der Waals surface area contributed by atoms with Crippen molar-refractivity contribution >= 4 is 5.71 Å². The first kappa shape index (κ1) is 18.0. The molecule has 0 N–H and O–H groups in total. The van der Waals surface area contributed by atoms with Crippen molar-refractivity contribution in [2.75, 3.05) is 6.54 Å². The van der Waals surface area contributed by atoms with Gasteiger partial charge in [0.25, 0.3) is 0 Å². The summed E-state index contributed by atoms with van der Waals surface area (Å²) in [6.45, 7) is 14.7. The quantitative estimate of drug-likeness (QED) is 0.528. The monoisotopic (exact) mass is 321 g/mol. The predicted octanol–water partition coefficient (Wildman–Crippen LogP) is 5.47. The molecule has 0 aliphatic heterocycles. The summed E-state index contributed by atoms with van der Waals surface area (Å²) in [5.41, 5.74) is 5.40. The van der Waals surface area contributed by atoms with Crippen LogP contribution >= 0.6 is 0 Å². The zero-order valence-electron chi connectivity index (χ0n) is 15.4. The molecule has 24 heavy (non-hydrogen) atoms. The van der Waals surface area contributed by atoms with Crippen molar-refractivity contribution in [2.24, 2.45) is 4.99 Å². The number of aryl methyl sites for hydroxylation is 2. The molecule has 2 heteroatoms. The number of aliphatic imine (C=N–C) groups is 1. The molecular formula is C22H27NO. The summed E-state index contributed by atoms with van der Waals surface area (Å²) in [5, 5.41) is 0. The topological polar surface area (TPSA) is 21.6 Å². The SMILES string of the molecule is C=C(CN=C(c1ccc(C)cc1)c1ccc(C)cc1)OC(C)(C)C. The van der Waals surface area contributed by atoms with E-state index >= 15 is 0 Å². The van der Waals surface area contributed by atoms with Gasteiger partial charge in [-0.15, -0.1) is 0 Å². The lowest BCUT2D eigenvalue weighted by molar-refractivity contribution is 0.0521. The van der Waals surface area contributed by atoms with Gasteiger partial charge in [-0.3, -0.25) is 4.99 Å². The molecule has 0 unspecified atom stereocenters. The zero-order valence-corrected chi connectivity index (χ0v) is 15.4. The Morgan fingerprint density at radius 1 is 0.875 bits per heavy atom. The third-order valence-corrected chi connectivity index (χ3v) is 3.51. The number of nitrogens with zero attached hydrogens (tertiary/aromatic N) is 1. The van der Waals surface area contributed by atoms with E-state index in [2.05, 4.69) is 69.0 Å². The fraction of sp³-hybridized carbons (Fsp3) is 0.318. The van der Waals surface area contributed by atoms with Gasteiger partial charge < -0.3 is 4.74 Å². The highest BCUT2D eigenvalue weighted by molar-refractivity contribution is 6.13. The Balaban J connectivity index is 2.32. The molecule has 0 aromatic heterocycles. The Morgan fingerprint density at radius 3 is 1.67 bits per heavy atom. The molecule has 0 atom stereocenters. The lowest BCUT2D eigenvalue weighted by atomic mass is 10.0. The van der Waals surface area contributed by atoms with Crippen molar-refractivity contribution in [3.8, 4) is 0 Å². The van der Waals surface area contributed by atoms with Crippen LogP contribution in [-0.4, -0.2) is 17.9 Å². The van der Waals surface area contributed by atoms with Crippen LogP contribution in [0.15, 0.2) is 65.9 Å². The number of hydrogen-bond acceptors (Lipinski definition) is 2. The average Bonchev–Trinajstić information content (AvgIpc) is 2.49. The van der Waals surface area contributed by atoms with Crippen molar-refractivity contribution in [2.45, 2.75) is 40.2 Å². The molecule has 0 bridgehead atoms. The van der Waals surface area contributed by atoms with Crippen molar-refractivity contribution in [1.82, 2.24) is 0 Å². The summed E-state index contributed by atoms with van der Waals surface area (Å²) >= 11 is 0. The normalized spacial score (nSPS) is 11.0. The molecule has 0 saturated heterocycles. The second-order valence-electron chi connectivity index (χ2n) is 7.15. The second-order valence-corrected chi connectivity index (χ2v) is 7.15. The summed E-state index contributed by atoms with van der Waals surface area (Å²) in [6.07, 6.45) is 0. The van der Waals surface area contributed by atoms with Crippen molar-refractivity contribution in [1.29, 1.82) is 0 Å². The highest BCUT2D eigenvalue weighted by Crippen LogP contribution is 2.16. The highest BCUT2D eigenvalue weighted by Gasteiger charge is 2.13. The summed E-state index contributed by atoms with van der Waals surface area (Å²) in [7, 11) is 0. The molecule has 0 aliphatic carbocycles. The fourth-order valence-electron chi connectivity index (χ4n) is 2.40. The van der Waals surface area contributed by atoms with E-state index in [9.17, 15) is 0 Å². The van der Waals surface area contributed by atoms with E-state index in [0.29, 0.717) is 12.3 Å². The molecule has 2 nitrogen and oxygen atoms in total. The van der Waals surface area contributed by atoms with Crippen molar-refractivity contribution in [3.63, 3.8) is 0 Å². The first-order valence-corrected chi connectivity index (χ1v) is 8.30. The van der Waals surface area contributed by atoms with Crippen LogP contribution in [-0.2, 0) is 4.74 Å². The zero-order chi connectivity index (χ0) is 17.7. The Kier molecular flexibility index (Phi) is 5.61. The van der Waals surface area contributed by atoms with Gasteiger partial charge in [0.2, 0.25) is 0 Å². The lowest BCUT2D eigenvalue weighted by Crippen LogP contribution is -2.19. The Labute approximate surface area is 145 Å². The van der Waals surface area contributed by atoms with Gasteiger partial charge in [0, 0.05) is 11.1 Å². The number of ether oxygens (including phenoxy) is 1. The number of rotatable bonds is 5. The summed E-state index contributed by atoms with van der Waals surface area (Å²) < 4.78 is 5.80. The van der Waals surface area contributed by atoms with Crippen LogP contribution in [0, 0.1) is 13.8 Å². The molecule has 0 saturated carbocycles. The molecule has 126 valence electrons. The third kappa shape index (κ3) is 5.38. The van der Waals surface area contributed by atoms with E-state index in [4.69, 9.17) is 9.73 Å². The smallest absolute Gasteiger partial charge is 0.111 e. The highest BCUT2D eigenvalue weighted by atomic mass is 16.5. The summed E-state index contributed by atoms with van der Waals surface area (Å²) in [6, 6.07) is 16.9. The van der Waals surface area contributed by atoms with Gasteiger partial charge in [0.05, 0.1) is 12.3 Å². The molecule has 0 amide bonds. The van der Waals surface area contributed by atoms with Gasteiger partial charge >= 0.3 is 0 Å². The molecule has 0 aliphatic rings.